The Labute approximate surface area is 147 Å². The van der Waals surface area contributed by atoms with Gasteiger partial charge in [-0.1, -0.05) is 15.9 Å². The molecule has 0 fully saturated rings. The molecule has 4 aromatic rings. The van der Waals surface area contributed by atoms with Gasteiger partial charge in [-0.25, -0.2) is 19.9 Å². The Morgan fingerprint density at radius 1 is 1.08 bits per heavy atom. The topological polar surface area (TPSA) is 61.4 Å². The van der Waals surface area contributed by atoms with Gasteiger partial charge in [-0.3, -0.25) is 0 Å². The van der Waals surface area contributed by atoms with Crippen molar-refractivity contribution in [1.29, 1.82) is 0 Å². The van der Waals surface area contributed by atoms with Crippen molar-refractivity contribution in [2.24, 2.45) is 0 Å². The SMILES string of the molecule is CCn1c(Cn2ccnc2-c2ncccn2)nc2cc(Br)ccc21. The predicted molar refractivity (Wildman–Crippen MR) is 95.5 cm³/mol. The number of aryl methyl sites for hydroxylation is 1. The first kappa shape index (κ1) is 15.0. The van der Waals surface area contributed by atoms with Crippen LogP contribution in [0, 0.1) is 0 Å². The van der Waals surface area contributed by atoms with Gasteiger partial charge in [0, 0.05) is 35.8 Å². The van der Waals surface area contributed by atoms with E-state index >= 15 is 0 Å². The standard InChI is InChI=1S/C17H15BrN6/c1-2-24-14-5-4-12(18)10-13(14)22-15(24)11-23-9-8-21-17(23)16-19-6-3-7-20-16/h3-10H,2,11H2,1H3. The lowest BCUT2D eigenvalue weighted by molar-refractivity contribution is 0.665. The van der Waals surface area contributed by atoms with E-state index in [0.29, 0.717) is 12.4 Å². The van der Waals surface area contributed by atoms with Crippen LogP contribution in [0.4, 0.5) is 0 Å². The molecule has 0 radical (unpaired) electrons. The molecular formula is C17H15BrN6. The minimum Gasteiger partial charge on any atom is -0.327 e. The number of rotatable bonds is 4. The summed E-state index contributed by atoms with van der Waals surface area (Å²) in [5.74, 6) is 2.34. The second-order valence-electron chi connectivity index (χ2n) is 5.36. The molecule has 24 heavy (non-hydrogen) atoms. The second-order valence-corrected chi connectivity index (χ2v) is 6.27. The van der Waals surface area contributed by atoms with Gasteiger partial charge < -0.3 is 9.13 Å². The van der Waals surface area contributed by atoms with Crippen LogP contribution in [0.2, 0.25) is 0 Å². The molecule has 3 aromatic heterocycles. The van der Waals surface area contributed by atoms with Gasteiger partial charge >= 0.3 is 0 Å². The molecule has 6 nitrogen and oxygen atoms in total. The molecule has 0 saturated carbocycles. The Bertz CT molecular complexity index is 989. The maximum absolute atomic E-state index is 4.80. The van der Waals surface area contributed by atoms with Crippen molar-refractivity contribution in [2.45, 2.75) is 20.0 Å². The van der Waals surface area contributed by atoms with Crippen molar-refractivity contribution in [3.8, 4) is 11.6 Å². The third-order valence-electron chi connectivity index (χ3n) is 3.90. The molecule has 1 aromatic carbocycles. The molecule has 0 N–H and O–H groups in total. The van der Waals surface area contributed by atoms with Crippen LogP contribution in [0.25, 0.3) is 22.7 Å². The highest BCUT2D eigenvalue weighted by Crippen LogP contribution is 2.22. The van der Waals surface area contributed by atoms with Crippen LogP contribution >= 0.6 is 15.9 Å². The number of hydrogen-bond acceptors (Lipinski definition) is 4. The average Bonchev–Trinajstić information content (AvgIpc) is 3.19. The van der Waals surface area contributed by atoms with Gasteiger partial charge in [-0.05, 0) is 31.2 Å². The zero-order valence-corrected chi connectivity index (χ0v) is 14.7. The fraction of sp³-hybridized carbons (Fsp3) is 0.176. The molecule has 0 unspecified atom stereocenters. The first-order valence-electron chi connectivity index (χ1n) is 7.69. The Morgan fingerprint density at radius 2 is 1.92 bits per heavy atom. The molecular weight excluding hydrogens is 368 g/mol. The van der Waals surface area contributed by atoms with E-state index in [1.54, 1.807) is 24.7 Å². The molecule has 4 rings (SSSR count). The van der Waals surface area contributed by atoms with Crippen molar-refractivity contribution in [1.82, 2.24) is 29.1 Å². The van der Waals surface area contributed by atoms with E-state index in [1.165, 1.54) is 0 Å². The summed E-state index contributed by atoms with van der Waals surface area (Å²) in [6.45, 7) is 3.61. The number of halogens is 1. The summed E-state index contributed by atoms with van der Waals surface area (Å²) < 4.78 is 5.28. The first-order valence-corrected chi connectivity index (χ1v) is 8.48. The maximum atomic E-state index is 4.80. The van der Waals surface area contributed by atoms with Crippen LogP contribution < -0.4 is 0 Å². The largest absolute Gasteiger partial charge is 0.327 e. The van der Waals surface area contributed by atoms with E-state index in [9.17, 15) is 0 Å². The molecule has 0 amide bonds. The summed E-state index contributed by atoms with van der Waals surface area (Å²) in [5.41, 5.74) is 2.12. The summed E-state index contributed by atoms with van der Waals surface area (Å²) in [5, 5.41) is 0. The van der Waals surface area contributed by atoms with Crippen molar-refractivity contribution in [3.05, 3.63) is 59.3 Å². The van der Waals surface area contributed by atoms with Gasteiger partial charge in [0.15, 0.2) is 11.6 Å². The van der Waals surface area contributed by atoms with Crippen molar-refractivity contribution >= 4 is 27.0 Å². The Morgan fingerprint density at radius 3 is 2.71 bits per heavy atom. The molecule has 0 spiro atoms. The molecule has 120 valence electrons. The molecule has 0 aliphatic carbocycles. The highest BCUT2D eigenvalue weighted by atomic mass is 79.9. The number of nitrogens with zero attached hydrogens (tertiary/aromatic N) is 6. The minimum absolute atomic E-state index is 0.615. The highest BCUT2D eigenvalue weighted by molar-refractivity contribution is 9.10. The number of hydrogen-bond donors (Lipinski definition) is 0. The Hall–Kier alpha value is -2.54. The minimum atomic E-state index is 0.615. The zero-order chi connectivity index (χ0) is 16.5. The quantitative estimate of drug-likeness (QED) is 0.541. The van der Waals surface area contributed by atoms with Crippen LogP contribution in [0.5, 0.6) is 0 Å². The second kappa shape index (κ2) is 6.16. The van der Waals surface area contributed by atoms with E-state index < -0.39 is 0 Å². The van der Waals surface area contributed by atoms with Crippen molar-refractivity contribution < 1.29 is 0 Å². The molecule has 3 heterocycles. The van der Waals surface area contributed by atoms with E-state index in [-0.39, 0.29) is 0 Å². The number of benzene rings is 1. The lowest BCUT2D eigenvalue weighted by atomic mass is 10.3. The molecule has 0 bridgehead atoms. The Kier molecular flexibility index (Phi) is 3.86. The number of imidazole rings is 2. The van der Waals surface area contributed by atoms with E-state index in [2.05, 4.69) is 48.4 Å². The number of fused-ring (bicyclic) bond motifs is 1. The van der Waals surface area contributed by atoms with E-state index in [0.717, 1.165) is 33.7 Å². The lowest BCUT2D eigenvalue weighted by Crippen LogP contribution is -2.09. The van der Waals surface area contributed by atoms with Gasteiger partial charge in [0.05, 0.1) is 17.6 Å². The van der Waals surface area contributed by atoms with E-state index in [4.69, 9.17) is 4.98 Å². The fourth-order valence-corrected chi connectivity index (χ4v) is 3.19. The van der Waals surface area contributed by atoms with Crippen LogP contribution in [0.15, 0.2) is 53.5 Å². The van der Waals surface area contributed by atoms with Crippen LogP contribution in [0.1, 0.15) is 12.7 Å². The summed E-state index contributed by atoms with van der Waals surface area (Å²) in [6, 6.07) is 7.97. The van der Waals surface area contributed by atoms with Gasteiger partial charge in [0.2, 0.25) is 0 Å². The summed E-state index contributed by atoms with van der Waals surface area (Å²) in [4.78, 5) is 17.8. The third kappa shape index (κ3) is 2.60. The average molecular weight is 383 g/mol. The lowest BCUT2D eigenvalue weighted by Gasteiger charge is -2.09. The van der Waals surface area contributed by atoms with Crippen molar-refractivity contribution in [2.75, 3.05) is 0 Å². The summed E-state index contributed by atoms with van der Waals surface area (Å²) in [6.07, 6.45) is 7.14. The molecule has 7 heteroatoms. The Balaban J connectivity index is 1.77. The highest BCUT2D eigenvalue weighted by Gasteiger charge is 2.14. The van der Waals surface area contributed by atoms with Gasteiger partial charge in [0.1, 0.15) is 5.82 Å². The zero-order valence-electron chi connectivity index (χ0n) is 13.1. The van der Waals surface area contributed by atoms with Gasteiger partial charge in [-0.2, -0.15) is 0 Å². The third-order valence-corrected chi connectivity index (χ3v) is 4.39. The van der Waals surface area contributed by atoms with Gasteiger partial charge in [-0.15, -0.1) is 0 Å². The normalized spacial score (nSPS) is 11.2. The number of aromatic nitrogens is 6. The maximum Gasteiger partial charge on any atom is 0.195 e. The molecule has 0 atom stereocenters. The first-order chi connectivity index (χ1) is 11.8. The molecule has 0 aliphatic rings. The molecule has 0 aliphatic heterocycles. The fourth-order valence-electron chi connectivity index (χ4n) is 2.84. The molecule has 0 saturated heterocycles. The van der Waals surface area contributed by atoms with Crippen LogP contribution in [-0.4, -0.2) is 29.1 Å². The monoisotopic (exact) mass is 382 g/mol. The van der Waals surface area contributed by atoms with Gasteiger partial charge in [0.25, 0.3) is 0 Å². The van der Waals surface area contributed by atoms with Crippen LogP contribution in [0.3, 0.4) is 0 Å². The summed E-state index contributed by atoms with van der Waals surface area (Å²) >= 11 is 3.51. The van der Waals surface area contributed by atoms with E-state index in [1.807, 2.05) is 22.9 Å². The van der Waals surface area contributed by atoms with Crippen molar-refractivity contribution in [3.63, 3.8) is 0 Å². The summed E-state index contributed by atoms with van der Waals surface area (Å²) in [7, 11) is 0. The smallest absolute Gasteiger partial charge is 0.195 e. The predicted octanol–water partition coefficient (Wildman–Crippen LogP) is 3.52. The van der Waals surface area contributed by atoms with Crippen LogP contribution in [-0.2, 0) is 13.1 Å².